The van der Waals surface area contributed by atoms with Gasteiger partial charge >= 0.3 is 5.97 Å². The van der Waals surface area contributed by atoms with Crippen molar-refractivity contribution in [2.24, 2.45) is 5.11 Å². The van der Waals surface area contributed by atoms with Gasteiger partial charge in [0.25, 0.3) is 0 Å². The first kappa shape index (κ1) is 19.6. The van der Waals surface area contributed by atoms with Crippen LogP contribution in [0.2, 0.25) is 0 Å². The number of thiophene rings is 1. The highest BCUT2D eigenvalue weighted by molar-refractivity contribution is 7.81. The Labute approximate surface area is 166 Å². The summed E-state index contributed by atoms with van der Waals surface area (Å²) in [4.78, 5) is 15.0. The van der Waals surface area contributed by atoms with E-state index in [-0.39, 0.29) is 10.6 Å². The van der Waals surface area contributed by atoms with Crippen LogP contribution in [0.4, 0.5) is 17.1 Å². The molecule has 0 aliphatic carbocycles. The average molecular weight is 413 g/mol. The number of hydrogen-bond acceptors (Lipinski definition) is 5. The minimum absolute atomic E-state index is 0.0641. The van der Waals surface area contributed by atoms with Gasteiger partial charge in [0, 0.05) is 15.5 Å². The number of azide groups is 1. The molecule has 1 N–H and O–H groups in total. The first-order valence-electron chi connectivity index (χ1n) is 7.90. The summed E-state index contributed by atoms with van der Waals surface area (Å²) in [6.07, 6.45) is 0. The number of carbonyl (C=O) groups is 1. The Balaban J connectivity index is 2.14. The summed E-state index contributed by atoms with van der Waals surface area (Å²) in [6.45, 7) is 1.75. The predicted molar refractivity (Wildman–Crippen MR) is 108 cm³/mol. The zero-order chi connectivity index (χ0) is 20.3. The van der Waals surface area contributed by atoms with E-state index in [1.165, 1.54) is 6.07 Å². The molecule has 0 radical (unpaired) electrons. The summed E-state index contributed by atoms with van der Waals surface area (Å²) in [5, 5.41) is 13.1. The maximum Gasteiger partial charge on any atom is 0.348 e. The number of anilines is 2. The van der Waals surface area contributed by atoms with Crippen molar-refractivity contribution in [2.75, 3.05) is 4.31 Å². The Morgan fingerprint density at radius 3 is 2.46 bits per heavy atom. The van der Waals surface area contributed by atoms with Gasteiger partial charge in [0.2, 0.25) is 0 Å². The van der Waals surface area contributed by atoms with E-state index < -0.39 is 17.2 Å². The van der Waals surface area contributed by atoms with Crippen molar-refractivity contribution in [3.63, 3.8) is 0 Å². The molecule has 0 bridgehead atoms. The molecule has 1 heterocycles. The average Bonchev–Trinajstić information content (AvgIpc) is 3.09. The third-order valence-electron chi connectivity index (χ3n) is 3.92. The van der Waals surface area contributed by atoms with Gasteiger partial charge in [-0.15, -0.1) is 11.3 Å². The van der Waals surface area contributed by atoms with Crippen LogP contribution in [-0.2, 0) is 11.3 Å². The van der Waals surface area contributed by atoms with E-state index >= 15 is 0 Å². The fourth-order valence-electron chi connectivity index (χ4n) is 2.65. The van der Waals surface area contributed by atoms with Crippen LogP contribution in [0.1, 0.15) is 15.2 Å². The summed E-state index contributed by atoms with van der Waals surface area (Å²) in [5.74, 6) is -1.22. The summed E-state index contributed by atoms with van der Waals surface area (Å²) < 4.78 is 24.9. The molecule has 2 aromatic carbocycles. The summed E-state index contributed by atoms with van der Waals surface area (Å²) >= 11 is -1.75. The molecule has 3 aromatic rings. The van der Waals surface area contributed by atoms with Crippen LogP contribution in [0.15, 0.2) is 59.7 Å². The summed E-state index contributed by atoms with van der Waals surface area (Å²) in [5.41, 5.74) is 10.7. The smallest absolute Gasteiger partial charge is 0.348 e. The molecule has 0 saturated carbocycles. The van der Waals surface area contributed by atoms with Gasteiger partial charge in [-0.1, -0.05) is 47.6 Å². The molecule has 28 heavy (non-hydrogen) atoms. The van der Waals surface area contributed by atoms with E-state index in [1.807, 2.05) is 0 Å². The first-order chi connectivity index (χ1) is 13.4. The van der Waals surface area contributed by atoms with E-state index in [0.717, 1.165) is 15.6 Å². The molecule has 1 unspecified atom stereocenters. The topological polar surface area (TPSA) is 129 Å². The third kappa shape index (κ3) is 3.90. The Kier molecular flexibility index (Phi) is 5.76. The van der Waals surface area contributed by atoms with Gasteiger partial charge in [-0.2, -0.15) is 0 Å². The van der Waals surface area contributed by atoms with Crippen LogP contribution >= 0.6 is 11.3 Å². The molecule has 1 atom stereocenters. The number of nitrogens with zero attached hydrogens (tertiary/aromatic N) is 4. The van der Waals surface area contributed by atoms with Gasteiger partial charge in [0.1, 0.15) is 4.88 Å². The van der Waals surface area contributed by atoms with Gasteiger partial charge in [-0.25, -0.2) is 4.79 Å². The fourth-order valence-corrected chi connectivity index (χ4v) is 4.37. The Morgan fingerprint density at radius 2 is 1.89 bits per heavy atom. The van der Waals surface area contributed by atoms with Crippen molar-refractivity contribution in [2.45, 2.75) is 6.92 Å². The lowest BCUT2D eigenvalue weighted by molar-refractivity contribution is 0.0703. The van der Waals surface area contributed by atoms with Crippen molar-refractivity contribution in [1.82, 2.24) is 0 Å². The van der Waals surface area contributed by atoms with Crippen molar-refractivity contribution >= 4 is 45.6 Å². The van der Waals surface area contributed by atoms with Crippen molar-refractivity contribution < 1.29 is 18.7 Å². The highest BCUT2D eigenvalue weighted by Crippen LogP contribution is 2.41. The molecule has 0 aliphatic heterocycles. The van der Waals surface area contributed by atoms with E-state index in [9.17, 15) is 18.7 Å². The van der Waals surface area contributed by atoms with Crippen LogP contribution in [-0.4, -0.2) is 19.8 Å². The highest BCUT2D eigenvalue weighted by Gasteiger charge is 2.24. The third-order valence-corrected chi connectivity index (χ3v) is 5.77. The van der Waals surface area contributed by atoms with Gasteiger partial charge < -0.3 is 9.66 Å². The number of benzene rings is 2. The molecule has 0 amide bonds. The van der Waals surface area contributed by atoms with E-state index in [1.54, 1.807) is 55.5 Å². The Bertz CT molecular complexity index is 1110. The van der Waals surface area contributed by atoms with Crippen molar-refractivity contribution in [3.8, 4) is 10.4 Å². The maximum atomic E-state index is 12.0. The first-order valence-corrected chi connectivity index (χ1v) is 9.75. The Morgan fingerprint density at radius 1 is 1.21 bits per heavy atom. The largest absolute Gasteiger partial charge is 0.755 e. The lowest BCUT2D eigenvalue weighted by atomic mass is 10.1. The second-order valence-electron chi connectivity index (χ2n) is 5.66. The molecule has 0 saturated heterocycles. The highest BCUT2D eigenvalue weighted by atomic mass is 32.2. The standard InChI is InChI=1S/C18H14N4O4S2/c1-11-4-2-3-5-14(11)22(28(25)26)15-10-16(27-17(15)18(23)24)12-6-8-13(9-7-12)20-21-19/h2-10H,1H3,(H,23,24)(H,25,26)/p-1. The van der Waals surface area contributed by atoms with Crippen LogP contribution in [0.5, 0.6) is 0 Å². The molecular weight excluding hydrogens is 400 g/mol. The lowest BCUT2D eigenvalue weighted by Gasteiger charge is -2.27. The van der Waals surface area contributed by atoms with Crippen molar-refractivity contribution in [1.29, 1.82) is 0 Å². The molecule has 3 rings (SSSR count). The van der Waals surface area contributed by atoms with E-state index in [0.29, 0.717) is 27.4 Å². The number of aromatic carboxylic acids is 1. The number of carboxylic acid groups (broad SMARTS) is 1. The summed E-state index contributed by atoms with van der Waals surface area (Å²) in [6, 6.07) is 14.9. The lowest BCUT2D eigenvalue weighted by Crippen LogP contribution is -2.21. The molecule has 0 fully saturated rings. The molecule has 10 heteroatoms. The molecule has 142 valence electrons. The molecule has 8 nitrogen and oxygen atoms in total. The van der Waals surface area contributed by atoms with E-state index in [2.05, 4.69) is 10.0 Å². The fraction of sp³-hybridized carbons (Fsp3) is 0.0556. The van der Waals surface area contributed by atoms with Crippen molar-refractivity contribution in [3.05, 3.63) is 75.5 Å². The molecule has 0 aliphatic rings. The van der Waals surface area contributed by atoms with Crippen LogP contribution in [0, 0.1) is 6.92 Å². The zero-order valence-electron chi connectivity index (χ0n) is 14.5. The molecule has 0 spiro atoms. The number of aryl methyl sites for hydroxylation is 1. The monoisotopic (exact) mass is 413 g/mol. The number of rotatable bonds is 6. The van der Waals surface area contributed by atoms with Crippen LogP contribution < -0.4 is 4.31 Å². The van der Waals surface area contributed by atoms with Crippen LogP contribution in [0.3, 0.4) is 0 Å². The number of hydrogen-bond donors (Lipinski definition) is 1. The van der Waals surface area contributed by atoms with Gasteiger partial charge in [-0.3, -0.25) is 8.51 Å². The SMILES string of the molecule is Cc1ccccc1N(c1cc(-c2ccc(N=[N+]=[N-])cc2)sc1C(=O)O)S(=O)[O-]. The quantitative estimate of drug-likeness (QED) is 0.254. The van der Waals surface area contributed by atoms with Crippen LogP contribution in [0.25, 0.3) is 20.9 Å². The van der Waals surface area contributed by atoms with E-state index in [4.69, 9.17) is 5.53 Å². The normalized spacial score (nSPS) is 11.5. The minimum Gasteiger partial charge on any atom is -0.755 e. The number of para-hydroxylation sites is 1. The second-order valence-corrected chi connectivity index (χ2v) is 7.52. The predicted octanol–water partition coefficient (Wildman–Crippen LogP) is 5.30. The molecular formula is C18H13N4O4S2-. The molecule has 1 aromatic heterocycles. The number of carboxylic acids is 1. The summed E-state index contributed by atoms with van der Waals surface area (Å²) in [7, 11) is 0. The second kappa shape index (κ2) is 8.24. The zero-order valence-corrected chi connectivity index (χ0v) is 16.1. The minimum atomic E-state index is -2.72. The Hall–Kier alpha value is -3.17. The van der Waals surface area contributed by atoms with Gasteiger partial charge in [0.05, 0.1) is 22.6 Å². The maximum absolute atomic E-state index is 12.0. The van der Waals surface area contributed by atoms with Gasteiger partial charge in [0.15, 0.2) is 0 Å². The van der Waals surface area contributed by atoms with Gasteiger partial charge in [-0.05, 0) is 35.7 Å².